The normalized spacial score (nSPS) is 10.3. The van der Waals surface area contributed by atoms with Crippen molar-refractivity contribution in [3.05, 3.63) is 71.0 Å². The zero-order valence-electron chi connectivity index (χ0n) is 14.3. The molecule has 2 aromatic carbocycles. The van der Waals surface area contributed by atoms with Crippen LogP contribution >= 0.6 is 11.6 Å². The molecule has 7 heteroatoms. The molecule has 2 N–H and O–H groups in total. The van der Waals surface area contributed by atoms with Gasteiger partial charge < -0.3 is 15.4 Å². The van der Waals surface area contributed by atoms with Gasteiger partial charge in [0.2, 0.25) is 5.95 Å². The number of anilines is 3. The minimum Gasteiger partial charge on any atom is -0.495 e. The molecule has 1 amide bonds. The van der Waals surface area contributed by atoms with Crippen LogP contribution in [0.25, 0.3) is 0 Å². The molecular formula is C19H17ClN4O2. The number of hydrogen-bond acceptors (Lipinski definition) is 5. The van der Waals surface area contributed by atoms with Crippen molar-refractivity contribution in [2.45, 2.75) is 6.92 Å². The molecule has 0 aliphatic heterocycles. The quantitative estimate of drug-likeness (QED) is 0.696. The molecule has 1 aromatic heterocycles. The average Bonchev–Trinajstić information content (AvgIpc) is 2.65. The second kappa shape index (κ2) is 7.84. The Bertz CT molecular complexity index is 932. The van der Waals surface area contributed by atoms with E-state index < -0.39 is 0 Å². The Hall–Kier alpha value is -3.12. The molecule has 6 nitrogen and oxygen atoms in total. The van der Waals surface area contributed by atoms with Crippen LogP contribution in [-0.2, 0) is 0 Å². The first-order chi connectivity index (χ1) is 12.6. The summed E-state index contributed by atoms with van der Waals surface area (Å²) in [5, 5.41) is 6.46. The Balaban J connectivity index is 1.82. The Morgan fingerprint density at radius 3 is 2.65 bits per heavy atom. The number of rotatable bonds is 5. The van der Waals surface area contributed by atoms with Crippen LogP contribution in [0.3, 0.4) is 0 Å². The Morgan fingerprint density at radius 2 is 1.92 bits per heavy atom. The fraction of sp³-hybridized carbons (Fsp3) is 0.105. The van der Waals surface area contributed by atoms with Gasteiger partial charge in [0.05, 0.1) is 12.8 Å². The summed E-state index contributed by atoms with van der Waals surface area (Å²) in [5.41, 5.74) is 2.49. The number of carbonyl (C=O) groups is 1. The molecule has 3 rings (SSSR count). The fourth-order valence-electron chi connectivity index (χ4n) is 2.31. The van der Waals surface area contributed by atoms with Crippen LogP contribution in [0, 0.1) is 6.92 Å². The number of amides is 1. The van der Waals surface area contributed by atoms with Crippen molar-refractivity contribution in [1.29, 1.82) is 0 Å². The minimum atomic E-state index is -0.319. The van der Waals surface area contributed by atoms with Crippen molar-refractivity contribution in [2.75, 3.05) is 17.7 Å². The molecule has 0 aliphatic rings. The largest absolute Gasteiger partial charge is 0.495 e. The van der Waals surface area contributed by atoms with E-state index in [1.54, 1.807) is 31.4 Å². The van der Waals surface area contributed by atoms with Gasteiger partial charge in [-0.05, 0) is 36.8 Å². The third kappa shape index (κ3) is 4.10. The summed E-state index contributed by atoms with van der Waals surface area (Å²) in [4.78, 5) is 20.8. The number of carbonyl (C=O) groups excluding carboxylic acids is 1. The average molecular weight is 369 g/mol. The summed E-state index contributed by atoms with van der Waals surface area (Å²) in [6.07, 6.45) is 1.52. The minimum absolute atomic E-state index is 0.246. The molecule has 0 spiro atoms. The summed E-state index contributed by atoms with van der Waals surface area (Å²) >= 11 is 6.12. The Labute approximate surface area is 156 Å². The van der Waals surface area contributed by atoms with Gasteiger partial charge in [0.1, 0.15) is 11.4 Å². The highest BCUT2D eigenvalue weighted by molar-refractivity contribution is 6.31. The van der Waals surface area contributed by atoms with Gasteiger partial charge in [0.15, 0.2) is 0 Å². The maximum absolute atomic E-state index is 12.4. The molecule has 1 heterocycles. The molecule has 0 saturated heterocycles. The molecule has 26 heavy (non-hydrogen) atoms. The highest BCUT2D eigenvalue weighted by Crippen LogP contribution is 2.32. The van der Waals surface area contributed by atoms with Crippen molar-refractivity contribution in [1.82, 2.24) is 9.97 Å². The number of hydrogen-bond donors (Lipinski definition) is 2. The predicted molar refractivity (Wildman–Crippen MR) is 102 cm³/mol. The van der Waals surface area contributed by atoms with Crippen LogP contribution < -0.4 is 15.4 Å². The van der Waals surface area contributed by atoms with Gasteiger partial charge >= 0.3 is 0 Å². The summed E-state index contributed by atoms with van der Waals surface area (Å²) in [6, 6.07) is 14.3. The molecule has 0 unspecified atom stereocenters. The van der Waals surface area contributed by atoms with Crippen LogP contribution in [0.15, 0.2) is 54.7 Å². The smallest absolute Gasteiger partial charge is 0.274 e. The van der Waals surface area contributed by atoms with Gasteiger partial charge in [-0.2, -0.15) is 0 Å². The van der Waals surface area contributed by atoms with Gasteiger partial charge in [-0.1, -0.05) is 29.8 Å². The maximum atomic E-state index is 12.4. The van der Waals surface area contributed by atoms with E-state index in [0.29, 0.717) is 22.1 Å². The predicted octanol–water partition coefficient (Wildman–Crippen LogP) is 4.44. The number of nitrogens with zero attached hydrogens (tertiary/aromatic N) is 2. The third-order valence-electron chi connectivity index (χ3n) is 3.65. The number of benzene rings is 2. The lowest BCUT2D eigenvalue weighted by atomic mass is 10.2. The van der Waals surface area contributed by atoms with E-state index >= 15 is 0 Å². The summed E-state index contributed by atoms with van der Waals surface area (Å²) < 4.78 is 5.33. The topological polar surface area (TPSA) is 76.1 Å². The van der Waals surface area contributed by atoms with Crippen LogP contribution in [-0.4, -0.2) is 23.0 Å². The van der Waals surface area contributed by atoms with Crippen molar-refractivity contribution in [3.8, 4) is 5.75 Å². The van der Waals surface area contributed by atoms with Crippen molar-refractivity contribution in [2.24, 2.45) is 0 Å². The van der Waals surface area contributed by atoms with Gasteiger partial charge in [-0.15, -0.1) is 0 Å². The number of aryl methyl sites for hydroxylation is 1. The van der Waals surface area contributed by atoms with Gasteiger partial charge in [0, 0.05) is 23.0 Å². The van der Waals surface area contributed by atoms with E-state index in [2.05, 4.69) is 20.6 Å². The zero-order chi connectivity index (χ0) is 18.5. The van der Waals surface area contributed by atoms with Crippen molar-refractivity contribution < 1.29 is 9.53 Å². The SMILES string of the molecule is COc1cc(Cl)c(C)cc1Nc1nccc(C(=O)Nc2ccccc2)n1. The van der Waals surface area contributed by atoms with E-state index in [1.807, 2.05) is 31.2 Å². The van der Waals surface area contributed by atoms with E-state index in [-0.39, 0.29) is 17.5 Å². The maximum Gasteiger partial charge on any atom is 0.274 e. The van der Waals surface area contributed by atoms with E-state index in [0.717, 1.165) is 5.56 Å². The molecule has 0 fully saturated rings. The Morgan fingerprint density at radius 1 is 1.15 bits per heavy atom. The first kappa shape index (κ1) is 17.7. The highest BCUT2D eigenvalue weighted by atomic mass is 35.5. The van der Waals surface area contributed by atoms with Crippen LogP contribution in [0.1, 0.15) is 16.1 Å². The van der Waals surface area contributed by atoms with Crippen molar-refractivity contribution >= 4 is 34.8 Å². The van der Waals surface area contributed by atoms with E-state index in [1.165, 1.54) is 6.20 Å². The van der Waals surface area contributed by atoms with Crippen LogP contribution in [0.4, 0.5) is 17.3 Å². The van der Waals surface area contributed by atoms with Crippen molar-refractivity contribution in [3.63, 3.8) is 0 Å². The van der Waals surface area contributed by atoms with Crippen LogP contribution in [0.5, 0.6) is 5.75 Å². The van der Waals surface area contributed by atoms with E-state index in [4.69, 9.17) is 16.3 Å². The summed E-state index contributed by atoms with van der Waals surface area (Å²) in [7, 11) is 1.55. The van der Waals surface area contributed by atoms with Gasteiger partial charge in [0.25, 0.3) is 5.91 Å². The lowest BCUT2D eigenvalue weighted by Crippen LogP contribution is -2.14. The monoisotopic (exact) mass is 368 g/mol. The first-order valence-electron chi connectivity index (χ1n) is 7.87. The number of aromatic nitrogens is 2. The number of ether oxygens (including phenoxy) is 1. The number of nitrogens with one attached hydrogen (secondary N) is 2. The molecule has 0 atom stereocenters. The second-order valence-electron chi connectivity index (χ2n) is 5.51. The second-order valence-corrected chi connectivity index (χ2v) is 5.92. The third-order valence-corrected chi connectivity index (χ3v) is 4.05. The summed E-state index contributed by atoms with van der Waals surface area (Å²) in [5.74, 6) is 0.523. The number of halogens is 1. The molecule has 3 aromatic rings. The fourth-order valence-corrected chi connectivity index (χ4v) is 2.47. The lowest BCUT2D eigenvalue weighted by molar-refractivity contribution is 0.102. The standard InChI is InChI=1S/C19H17ClN4O2/c1-12-10-16(17(26-2)11-14(12)20)24-19-21-9-8-15(23-19)18(25)22-13-6-4-3-5-7-13/h3-11H,1-2H3,(H,22,25)(H,21,23,24). The molecular weight excluding hydrogens is 352 g/mol. The Kier molecular flexibility index (Phi) is 5.34. The zero-order valence-corrected chi connectivity index (χ0v) is 15.0. The molecule has 0 bridgehead atoms. The van der Waals surface area contributed by atoms with E-state index in [9.17, 15) is 4.79 Å². The van der Waals surface area contributed by atoms with Gasteiger partial charge in [-0.25, -0.2) is 9.97 Å². The molecule has 0 aliphatic carbocycles. The van der Waals surface area contributed by atoms with Gasteiger partial charge in [-0.3, -0.25) is 4.79 Å². The molecule has 132 valence electrons. The molecule has 0 radical (unpaired) electrons. The first-order valence-corrected chi connectivity index (χ1v) is 8.25. The lowest BCUT2D eigenvalue weighted by Gasteiger charge is -2.12. The highest BCUT2D eigenvalue weighted by Gasteiger charge is 2.12. The molecule has 0 saturated carbocycles. The summed E-state index contributed by atoms with van der Waals surface area (Å²) in [6.45, 7) is 1.89. The number of para-hydroxylation sites is 1. The van der Waals surface area contributed by atoms with Crippen LogP contribution in [0.2, 0.25) is 5.02 Å². The number of methoxy groups -OCH3 is 1.